The molecule has 6 nitrogen and oxygen atoms in total. The highest BCUT2D eigenvalue weighted by Gasteiger charge is 2.39. The Morgan fingerprint density at radius 1 is 1.50 bits per heavy atom. The fraction of sp³-hybridized carbons (Fsp3) is 0.615. The molecule has 2 heterocycles. The molecule has 1 fully saturated rings. The number of nitrogens with zero attached hydrogens (tertiary/aromatic N) is 3. The Kier molecular flexibility index (Phi) is 4.31. The molecule has 1 aliphatic heterocycles. The van der Waals surface area contributed by atoms with Crippen molar-refractivity contribution in [2.45, 2.75) is 18.9 Å². The van der Waals surface area contributed by atoms with Crippen LogP contribution in [0.15, 0.2) is 24.4 Å². The molecule has 1 aromatic rings. The van der Waals surface area contributed by atoms with Crippen LogP contribution in [0.1, 0.15) is 13.3 Å². The molecular weight excluding hydrogens is 278 g/mol. The molecule has 0 spiro atoms. The minimum absolute atomic E-state index is 0.0452. The van der Waals surface area contributed by atoms with Gasteiger partial charge in [0.1, 0.15) is 5.82 Å². The highest BCUT2D eigenvalue weighted by atomic mass is 32.2. The van der Waals surface area contributed by atoms with Crippen LogP contribution in [0.4, 0.5) is 5.82 Å². The number of pyridine rings is 1. The number of β-amino-alcohol motifs (C(OH)–C–C–N with tert-alkyl or cyclic N) is 1. The van der Waals surface area contributed by atoms with Gasteiger partial charge in [-0.05, 0) is 25.5 Å². The van der Waals surface area contributed by atoms with Gasteiger partial charge in [0.15, 0.2) is 0 Å². The minimum Gasteiger partial charge on any atom is -0.387 e. The Morgan fingerprint density at radius 2 is 2.25 bits per heavy atom. The summed E-state index contributed by atoms with van der Waals surface area (Å²) < 4.78 is 24.8. The molecule has 112 valence electrons. The monoisotopic (exact) mass is 299 g/mol. The number of sulfonamides is 1. The molecule has 0 radical (unpaired) electrons. The third kappa shape index (κ3) is 3.28. The van der Waals surface area contributed by atoms with Crippen LogP contribution in [0, 0.1) is 0 Å². The molecule has 1 saturated heterocycles. The van der Waals surface area contributed by atoms with Gasteiger partial charge >= 0.3 is 0 Å². The molecule has 20 heavy (non-hydrogen) atoms. The van der Waals surface area contributed by atoms with Gasteiger partial charge in [-0.3, -0.25) is 0 Å². The standard InChI is InChI=1S/C13H21N3O3S/c1-3-20(18,19)15(2)10-13(17)7-9-16(11-13)12-6-4-5-8-14-12/h4-6,8,17H,3,7,9-11H2,1-2H3/t13-/m0/s1. The van der Waals surface area contributed by atoms with Gasteiger partial charge in [-0.25, -0.2) is 17.7 Å². The summed E-state index contributed by atoms with van der Waals surface area (Å²) in [6.07, 6.45) is 2.24. The average molecular weight is 299 g/mol. The first-order valence-corrected chi connectivity index (χ1v) is 8.30. The highest BCUT2D eigenvalue weighted by Crippen LogP contribution is 2.26. The number of hydrogen-bond donors (Lipinski definition) is 1. The maximum atomic E-state index is 11.8. The Bertz CT molecular complexity index is 549. The highest BCUT2D eigenvalue weighted by molar-refractivity contribution is 7.89. The van der Waals surface area contributed by atoms with Gasteiger partial charge < -0.3 is 10.0 Å². The van der Waals surface area contributed by atoms with E-state index in [9.17, 15) is 13.5 Å². The van der Waals surface area contributed by atoms with Gasteiger partial charge in [0.25, 0.3) is 0 Å². The third-order valence-corrected chi connectivity index (χ3v) is 5.47. The molecule has 1 aliphatic rings. The predicted octanol–water partition coefficient (Wildman–Crippen LogP) is 0.304. The van der Waals surface area contributed by atoms with E-state index in [1.54, 1.807) is 13.1 Å². The fourth-order valence-electron chi connectivity index (χ4n) is 2.46. The maximum absolute atomic E-state index is 11.8. The van der Waals surface area contributed by atoms with Gasteiger partial charge in [0.2, 0.25) is 10.0 Å². The second-order valence-electron chi connectivity index (χ2n) is 5.24. The van der Waals surface area contributed by atoms with Crippen molar-refractivity contribution in [2.75, 3.05) is 37.3 Å². The second-order valence-corrected chi connectivity index (χ2v) is 7.60. The first kappa shape index (κ1) is 15.2. The molecule has 0 saturated carbocycles. The fourth-order valence-corrected chi connectivity index (χ4v) is 3.33. The van der Waals surface area contributed by atoms with E-state index in [1.807, 2.05) is 23.1 Å². The second kappa shape index (κ2) is 5.67. The Labute approximate surface area is 120 Å². The van der Waals surface area contributed by atoms with Crippen molar-refractivity contribution >= 4 is 15.8 Å². The van der Waals surface area contributed by atoms with E-state index in [2.05, 4.69) is 4.98 Å². The van der Waals surface area contributed by atoms with E-state index in [1.165, 1.54) is 11.4 Å². The number of anilines is 1. The van der Waals surface area contributed by atoms with Crippen molar-refractivity contribution in [3.05, 3.63) is 24.4 Å². The summed E-state index contributed by atoms with van der Waals surface area (Å²) in [4.78, 5) is 6.23. The van der Waals surface area contributed by atoms with Crippen LogP contribution in [-0.4, -0.2) is 60.8 Å². The lowest BCUT2D eigenvalue weighted by atomic mass is 10.0. The zero-order valence-electron chi connectivity index (χ0n) is 11.9. The molecule has 0 amide bonds. The van der Waals surface area contributed by atoms with Crippen molar-refractivity contribution in [3.8, 4) is 0 Å². The summed E-state index contributed by atoms with van der Waals surface area (Å²) in [5.74, 6) is 0.855. The SMILES string of the molecule is CCS(=O)(=O)N(C)C[C@@]1(O)CCN(c2ccccn2)C1. The van der Waals surface area contributed by atoms with Gasteiger partial charge in [-0.1, -0.05) is 6.07 Å². The van der Waals surface area contributed by atoms with Crippen LogP contribution >= 0.6 is 0 Å². The number of likely N-dealkylation sites (N-methyl/N-ethyl adjacent to an activating group) is 1. The van der Waals surface area contributed by atoms with Crippen LogP contribution in [0.3, 0.4) is 0 Å². The zero-order chi connectivity index (χ0) is 14.8. The molecular formula is C13H21N3O3S. The summed E-state index contributed by atoms with van der Waals surface area (Å²) in [6.45, 7) is 2.79. The lowest BCUT2D eigenvalue weighted by molar-refractivity contribution is 0.0479. The van der Waals surface area contributed by atoms with Crippen molar-refractivity contribution in [2.24, 2.45) is 0 Å². The lowest BCUT2D eigenvalue weighted by Crippen LogP contribution is -2.46. The average Bonchev–Trinajstić information content (AvgIpc) is 2.82. The van der Waals surface area contributed by atoms with Crippen molar-refractivity contribution < 1.29 is 13.5 Å². The Morgan fingerprint density at radius 3 is 2.85 bits per heavy atom. The summed E-state index contributed by atoms with van der Waals surface area (Å²) in [6, 6.07) is 5.62. The van der Waals surface area contributed by atoms with Gasteiger partial charge in [0, 0.05) is 32.9 Å². The predicted molar refractivity (Wildman–Crippen MR) is 78.1 cm³/mol. The van der Waals surface area contributed by atoms with Gasteiger partial charge in [-0.15, -0.1) is 0 Å². The maximum Gasteiger partial charge on any atom is 0.213 e. The molecule has 0 bridgehead atoms. The number of rotatable bonds is 5. The van der Waals surface area contributed by atoms with E-state index >= 15 is 0 Å². The topological polar surface area (TPSA) is 73.7 Å². The molecule has 2 rings (SSSR count). The summed E-state index contributed by atoms with van der Waals surface area (Å²) in [7, 11) is -1.75. The van der Waals surface area contributed by atoms with E-state index in [4.69, 9.17) is 0 Å². The molecule has 0 aromatic carbocycles. The first-order chi connectivity index (χ1) is 9.36. The molecule has 1 aromatic heterocycles. The number of aromatic nitrogens is 1. The molecule has 1 atom stereocenters. The molecule has 0 unspecified atom stereocenters. The van der Waals surface area contributed by atoms with E-state index in [-0.39, 0.29) is 12.3 Å². The van der Waals surface area contributed by atoms with Crippen LogP contribution in [-0.2, 0) is 10.0 Å². The van der Waals surface area contributed by atoms with E-state index in [0.29, 0.717) is 19.5 Å². The van der Waals surface area contributed by atoms with E-state index in [0.717, 1.165) is 5.82 Å². The Hall–Kier alpha value is -1.18. The molecule has 7 heteroatoms. The largest absolute Gasteiger partial charge is 0.387 e. The van der Waals surface area contributed by atoms with Crippen LogP contribution in [0.25, 0.3) is 0 Å². The van der Waals surface area contributed by atoms with Crippen molar-refractivity contribution in [3.63, 3.8) is 0 Å². The van der Waals surface area contributed by atoms with E-state index < -0.39 is 15.6 Å². The summed E-state index contributed by atoms with van der Waals surface area (Å²) in [5.41, 5.74) is -1.02. The number of aliphatic hydroxyl groups is 1. The van der Waals surface area contributed by atoms with Crippen molar-refractivity contribution in [1.29, 1.82) is 0 Å². The van der Waals surface area contributed by atoms with Crippen LogP contribution < -0.4 is 4.90 Å². The van der Waals surface area contributed by atoms with Crippen LogP contribution in [0.2, 0.25) is 0 Å². The molecule has 1 N–H and O–H groups in total. The summed E-state index contributed by atoms with van der Waals surface area (Å²) >= 11 is 0. The lowest BCUT2D eigenvalue weighted by Gasteiger charge is -2.28. The number of hydrogen-bond acceptors (Lipinski definition) is 5. The normalized spacial score (nSPS) is 23.5. The van der Waals surface area contributed by atoms with Gasteiger partial charge in [-0.2, -0.15) is 0 Å². The zero-order valence-corrected chi connectivity index (χ0v) is 12.7. The Balaban J connectivity index is 2.04. The molecule has 0 aliphatic carbocycles. The van der Waals surface area contributed by atoms with Crippen LogP contribution in [0.5, 0.6) is 0 Å². The smallest absolute Gasteiger partial charge is 0.213 e. The third-order valence-electron chi connectivity index (χ3n) is 3.66. The van der Waals surface area contributed by atoms with Gasteiger partial charge in [0.05, 0.1) is 11.4 Å². The first-order valence-electron chi connectivity index (χ1n) is 6.69. The summed E-state index contributed by atoms with van der Waals surface area (Å²) in [5, 5.41) is 10.6. The van der Waals surface area contributed by atoms with Crippen molar-refractivity contribution in [1.82, 2.24) is 9.29 Å². The quantitative estimate of drug-likeness (QED) is 0.847. The minimum atomic E-state index is -3.27.